The van der Waals surface area contributed by atoms with E-state index in [2.05, 4.69) is 22.6 Å². The van der Waals surface area contributed by atoms with Crippen molar-refractivity contribution in [3.63, 3.8) is 0 Å². The summed E-state index contributed by atoms with van der Waals surface area (Å²) in [5, 5.41) is 0. The van der Waals surface area contributed by atoms with E-state index in [1.165, 1.54) is 12.8 Å². The molecule has 1 heterocycles. The minimum atomic E-state index is -0.406. The van der Waals surface area contributed by atoms with Crippen molar-refractivity contribution in [2.75, 3.05) is 13.1 Å². The molecule has 1 aromatic carbocycles. The van der Waals surface area contributed by atoms with Gasteiger partial charge >= 0.3 is 0 Å². The lowest BCUT2D eigenvalue weighted by molar-refractivity contribution is -0.137. The van der Waals surface area contributed by atoms with E-state index in [9.17, 15) is 4.79 Å². The number of rotatable bonds is 3. The Morgan fingerprint density at radius 2 is 1.95 bits per heavy atom. The second kappa shape index (κ2) is 7.12. The Bertz CT molecular complexity index is 428. The third kappa shape index (κ3) is 4.37. The van der Waals surface area contributed by atoms with Crippen LogP contribution < -0.4 is 4.74 Å². The number of hydrogen-bond donors (Lipinski definition) is 0. The first-order chi connectivity index (χ1) is 9.16. The van der Waals surface area contributed by atoms with Crippen molar-refractivity contribution >= 4 is 28.5 Å². The summed E-state index contributed by atoms with van der Waals surface area (Å²) in [4.78, 5) is 14.3. The van der Waals surface area contributed by atoms with E-state index in [1.807, 2.05) is 36.1 Å². The molecule has 1 atom stereocenters. The molecule has 0 aliphatic carbocycles. The molecular weight excluding hydrogens is 353 g/mol. The SMILES string of the molecule is CC(Oc1cccc(I)c1)C(=O)N1CCCCCC1. The molecule has 0 N–H and O–H groups in total. The van der Waals surface area contributed by atoms with Gasteiger partial charge in [0, 0.05) is 16.7 Å². The molecule has 1 aliphatic heterocycles. The van der Waals surface area contributed by atoms with Gasteiger partial charge in [-0.3, -0.25) is 4.79 Å². The summed E-state index contributed by atoms with van der Waals surface area (Å²) >= 11 is 2.24. The molecule has 2 rings (SSSR count). The highest BCUT2D eigenvalue weighted by molar-refractivity contribution is 14.1. The monoisotopic (exact) mass is 373 g/mol. The first-order valence-electron chi connectivity index (χ1n) is 6.88. The number of benzene rings is 1. The van der Waals surface area contributed by atoms with E-state index < -0.39 is 6.10 Å². The van der Waals surface area contributed by atoms with Gasteiger partial charge in [-0.15, -0.1) is 0 Å². The van der Waals surface area contributed by atoms with E-state index >= 15 is 0 Å². The number of amides is 1. The number of carbonyl (C=O) groups excluding carboxylic acids is 1. The van der Waals surface area contributed by atoms with Crippen molar-refractivity contribution in [2.24, 2.45) is 0 Å². The summed E-state index contributed by atoms with van der Waals surface area (Å²) in [6.07, 6.45) is 4.28. The molecule has 0 spiro atoms. The van der Waals surface area contributed by atoms with Crippen LogP contribution in [0, 0.1) is 3.57 Å². The van der Waals surface area contributed by atoms with Crippen LogP contribution in [0.2, 0.25) is 0 Å². The second-order valence-corrected chi connectivity index (χ2v) is 6.20. The maximum absolute atomic E-state index is 12.3. The molecule has 0 radical (unpaired) electrons. The number of nitrogens with zero attached hydrogens (tertiary/aromatic N) is 1. The van der Waals surface area contributed by atoms with Crippen molar-refractivity contribution in [3.05, 3.63) is 27.8 Å². The van der Waals surface area contributed by atoms with Gasteiger partial charge < -0.3 is 9.64 Å². The molecular formula is C15H20INO2. The van der Waals surface area contributed by atoms with Crippen molar-refractivity contribution in [2.45, 2.75) is 38.7 Å². The fourth-order valence-corrected chi connectivity index (χ4v) is 2.86. The molecule has 1 aliphatic rings. The van der Waals surface area contributed by atoms with Gasteiger partial charge in [-0.2, -0.15) is 0 Å². The minimum absolute atomic E-state index is 0.112. The van der Waals surface area contributed by atoms with Crippen molar-refractivity contribution in [3.8, 4) is 5.75 Å². The average molecular weight is 373 g/mol. The fourth-order valence-electron chi connectivity index (χ4n) is 2.34. The third-order valence-electron chi connectivity index (χ3n) is 3.37. The maximum atomic E-state index is 12.3. The zero-order chi connectivity index (χ0) is 13.7. The topological polar surface area (TPSA) is 29.5 Å². The number of halogens is 1. The van der Waals surface area contributed by atoms with Gasteiger partial charge in [-0.25, -0.2) is 0 Å². The Balaban J connectivity index is 1.94. The maximum Gasteiger partial charge on any atom is 0.263 e. The van der Waals surface area contributed by atoms with E-state index in [0.717, 1.165) is 35.3 Å². The number of carbonyl (C=O) groups is 1. The standard InChI is InChI=1S/C15H20INO2/c1-12(19-14-8-6-7-13(16)11-14)15(18)17-9-4-2-3-5-10-17/h6-8,11-12H,2-5,9-10H2,1H3. The predicted octanol–water partition coefficient (Wildman–Crippen LogP) is 3.46. The highest BCUT2D eigenvalue weighted by Crippen LogP contribution is 2.18. The third-order valence-corrected chi connectivity index (χ3v) is 4.05. The Labute approximate surface area is 128 Å². The number of likely N-dealkylation sites (tertiary alicyclic amines) is 1. The van der Waals surface area contributed by atoms with Gasteiger partial charge in [-0.05, 0) is 60.6 Å². The van der Waals surface area contributed by atoms with E-state index in [0.29, 0.717) is 0 Å². The van der Waals surface area contributed by atoms with Gasteiger partial charge in [0.15, 0.2) is 6.10 Å². The largest absolute Gasteiger partial charge is 0.481 e. The Morgan fingerprint density at radius 3 is 2.58 bits per heavy atom. The zero-order valence-electron chi connectivity index (χ0n) is 11.3. The van der Waals surface area contributed by atoms with Crippen LogP contribution in [0.15, 0.2) is 24.3 Å². The van der Waals surface area contributed by atoms with E-state index in [-0.39, 0.29) is 5.91 Å². The molecule has 3 nitrogen and oxygen atoms in total. The molecule has 0 saturated carbocycles. The highest BCUT2D eigenvalue weighted by Gasteiger charge is 2.22. The highest BCUT2D eigenvalue weighted by atomic mass is 127. The summed E-state index contributed by atoms with van der Waals surface area (Å²) in [7, 11) is 0. The lowest BCUT2D eigenvalue weighted by atomic mass is 10.2. The fraction of sp³-hybridized carbons (Fsp3) is 0.533. The van der Waals surface area contributed by atoms with Crippen LogP contribution in [-0.2, 0) is 4.79 Å². The number of ether oxygens (including phenoxy) is 1. The van der Waals surface area contributed by atoms with Gasteiger partial charge in [-0.1, -0.05) is 18.9 Å². The van der Waals surface area contributed by atoms with E-state index in [4.69, 9.17) is 4.74 Å². The van der Waals surface area contributed by atoms with Crippen molar-refractivity contribution < 1.29 is 9.53 Å². The summed E-state index contributed by atoms with van der Waals surface area (Å²) in [5.41, 5.74) is 0. The van der Waals surface area contributed by atoms with Gasteiger partial charge in [0.2, 0.25) is 0 Å². The lowest BCUT2D eigenvalue weighted by Gasteiger charge is -2.24. The van der Waals surface area contributed by atoms with Crippen molar-refractivity contribution in [1.82, 2.24) is 4.90 Å². The van der Waals surface area contributed by atoms with Gasteiger partial charge in [0.05, 0.1) is 0 Å². The molecule has 1 aromatic rings. The molecule has 1 fully saturated rings. The van der Waals surface area contributed by atoms with Crippen LogP contribution in [0.3, 0.4) is 0 Å². The summed E-state index contributed by atoms with van der Waals surface area (Å²) < 4.78 is 6.87. The van der Waals surface area contributed by atoms with Crippen LogP contribution >= 0.6 is 22.6 Å². The predicted molar refractivity (Wildman–Crippen MR) is 84.3 cm³/mol. The first-order valence-corrected chi connectivity index (χ1v) is 7.96. The summed E-state index contributed by atoms with van der Waals surface area (Å²) in [6.45, 7) is 3.59. The first kappa shape index (κ1) is 14.6. The lowest BCUT2D eigenvalue weighted by Crippen LogP contribution is -2.41. The van der Waals surface area contributed by atoms with Gasteiger partial charge in [0.25, 0.3) is 5.91 Å². The van der Waals surface area contributed by atoms with Crippen LogP contribution in [-0.4, -0.2) is 30.0 Å². The Kier molecular flexibility index (Phi) is 5.48. The Hall–Kier alpha value is -0.780. The number of hydrogen-bond acceptors (Lipinski definition) is 2. The Morgan fingerprint density at radius 1 is 1.26 bits per heavy atom. The van der Waals surface area contributed by atoms with Crippen LogP contribution in [0.25, 0.3) is 0 Å². The minimum Gasteiger partial charge on any atom is -0.481 e. The van der Waals surface area contributed by atoms with Crippen LogP contribution in [0.4, 0.5) is 0 Å². The van der Waals surface area contributed by atoms with Gasteiger partial charge in [0.1, 0.15) is 5.75 Å². The van der Waals surface area contributed by atoms with Crippen LogP contribution in [0.1, 0.15) is 32.6 Å². The van der Waals surface area contributed by atoms with Crippen LogP contribution in [0.5, 0.6) is 5.75 Å². The molecule has 104 valence electrons. The van der Waals surface area contributed by atoms with E-state index in [1.54, 1.807) is 0 Å². The molecule has 4 heteroatoms. The van der Waals surface area contributed by atoms with Crippen molar-refractivity contribution in [1.29, 1.82) is 0 Å². The molecule has 1 saturated heterocycles. The average Bonchev–Trinajstić information content (AvgIpc) is 2.66. The quantitative estimate of drug-likeness (QED) is 0.760. The second-order valence-electron chi connectivity index (χ2n) is 4.96. The smallest absolute Gasteiger partial charge is 0.263 e. The molecule has 1 unspecified atom stereocenters. The normalized spacial score (nSPS) is 17.7. The molecule has 0 aromatic heterocycles. The zero-order valence-corrected chi connectivity index (χ0v) is 13.4. The summed E-state index contributed by atoms with van der Waals surface area (Å²) in [6, 6.07) is 7.80. The summed E-state index contributed by atoms with van der Waals surface area (Å²) in [5.74, 6) is 0.878. The molecule has 19 heavy (non-hydrogen) atoms. The molecule has 1 amide bonds. The molecule has 0 bridgehead atoms.